The highest BCUT2D eigenvalue weighted by atomic mass is 35.5. The lowest BCUT2D eigenvalue weighted by atomic mass is 10.2. The number of hydrogen-bond donors (Lipinski definition) is 1. The second-order valence-corrected chi connectivity index (χ2v) is 4.92. The van der Waals surface area contributed by atoms with Crippen molar-refractivity contribution in [1.29, 1.82) is 0 Å². The molecule has 1 N–H and O–H groups in total. The number of nitrogens with one attached hydrogen (secondary N) is 1. The number of nitrogens with zero attached hydrogens (tertiary/aromatic N) is 1. The predicted molar refractivity (Wildman–Crippen MR) is 79.2 cm³/mol. The third-order valence-corrected chi connectivity index (χ3v) is 3.64. The van der Waals surface area contributed by atoms with Gasteiger partial charge in [-0.2, -0.15) is 0 Å². The number of anilines is 1. The smallest absolute Gasteiger partial charge is 0.261 e. The number of alkyl halides is 1. The molecule has 0 saturated heterocycles. The Morgan fingerprint density at radius 2 is 2.20 bits per heavy atom. The second-order valence-electron chi connectivity index (χ2n) is 3.80. The number of aromatic nitrogens is 1. The Balaban J connectivity index is 2.20. The maximum atomic E-state index is 12.2. The summed E-state index contributed by atoms with van der Waals surface area (Å²) < 4.78 is 10.3. The number of hydrogen-bond acceptors (Lipinski definition) is 5. The highest BCUT2D eigenvalue weighted by Gasteiger charge is 2.14. The summed E-state index contributed by atoms with van der Waals surface area (Å²) >= 11 is 7.00. The van der Waals surface area contributed by atoms with Gasteiger partial charge in [-0.25, -0.2) is 4.98 Å². The van der Waals surface area contributed by atoms with Gasteiger partial charge in [-0.1, -0.05) is 0 Å². The fourth-order valence-corrected chi connectivity index (χ4v) is 2.51. The molecule has 0 aliphatic carbocycles. The third-order valence-electron chi connectivity index (χ3n) is 2.56. The molecule has 0 radical (unpaired) electrons. The van der Waals surface area contributed by atoms with Crippen molar-refractivity contribution in [3.05, 3.63) is 34.8 Å². The van der Waals surface area contributed by atoms with Gasteiger partial charge in [0.15, 0.2) is 5.13 Å². The third kappa shape index (κ3) is 3.20. The van der Waals surface area contributed by atoms with E-state index in [0.29, 0.717) is 28.1 Å². The number of carbonyl (C=O) groups excluding carboxylic acids is 1. The van der Waals surface area contributed by atoms with Gasteiger partial charge >= 0.3 is 0 Å². The zero-order valence-electron chi connectivity index (χ0n) is 11.0. The summed E-state index contributed by atoms with van der Waals surface area (Å²) in [5, 5.41) is 5.02. The lowest BCUT2D eigenvalue weighted by Crippen LogP contribution is -2.13. The van der Waals surface area contributed by atoms with E-state index < -0.39 is 0 Å². The number of benzene rings is 1. The molecule has 0 aliphatic heterocycles. The van der Waals surface area contributed by atoms with Gasteiger partial charge < -0.3 is 9.47 Å². The predicted octanol–water partition coefficient (Wildman–Crippen LogP) is 3.15. The van der Waals surface area contributed by atoms with Gasteiger partial charge in [0.05, 0.1) is 31.4 Å². The molecule has 20 heavy (non-hydrogen) atoms. The fourth-order valence-electron chi connectivity index (χ4n) is 1.58. The van der Waals surface area contributed by atoms with Gasteiger partial charge in [0.25, 0.3) is 5.91 Å². The van der Waals surface area contributed by atoms with Crippen LogP contribution in [0.15, 0.2) is 23.6 Å². The van der Waals surface area contributed by atoms with Crippen molar-refractivity contribution < 1.29 is 14.3 Å². The fraction of sp³-hybridized carbons (Fsp3) is 0.231. The number of carbonyl (C=O) groups is 1. The van der Waals surface area contributed by atoms with Gasteiger partial charge in [0.2, 0.25) is 0 Å². The Bertz CT molecular complexity index is 615. The largest absolute Gasteiger partial charge is 0.497 e. The summed E-state index contributed by atoms with van der Waals surface area (Å²) in [5.41, 5.74) is 1.14. The van der Waals surface area contributed by atoms with Gasteiger partial charge in [-0.15, -0.1) is 22.9 Å². The SMILES string of the molecule is COc1ccc(C(=O)Nc2nc(CCl)cs2)c(OC)c1. The maximum Gasteiger partial charge on any atom is 0.261 e. The first-order valence-electron chi connectivity index (χ1n) is 5.71. The summed E-state index contributed by atoms with van der Waals surface area (Å²) in [4.78, 5) is 16.4. The van der Waals surface area contributed by atoms with Crippen LogP contribution in [-0.4, -0.2) is 25.1 Å². The maximum absolute atomic E-state index is 12.2. The van der Waals surface area contributed by atoms with Crippen molar-refractivity contribution in [1.82, 2.24) is 4.98 Å². The van der Waals surface area contributed by atoms with Crippen LogP contribution < -0.4 is 14.8 Å². The minimum atomic E-state index is -0.292. The molecule has 1 aromatic heterocycles. The van der Waals surface area contributed by atoms with Gasteiger partial charge in [-0.3, -0.25) is 10.1 Å². The molecule has 0 aliphatic rings. The van der Waals surface area contributed by atoms with E-state index in [2.05, 4.69) is 10.3 Å². The molecule has 1 aromatic carbocycles. The molecule has 0 atom stereocenters. The molecule has 106 valence electrons. The van der Waals surface area contributed by atoms with Crippen LogP contribution in [0.2, 0.25) is 0 Å². The van der Waals surface area contributed by atoms with Gasteiger partial charge in [0, 0.05) is 11.4 Å². The van der Waals surface area contributed by atoms with E-state index in [1.165, 1.54) is 18.4 Å². The topological polar surface area (TPSA) is 60.5 Å². The summed E-state index contributed by atoms with van der Waals surface area (Å²) in [7, 11) is 3.05. The highest BCUT2D eigenvalue weighted by Crippen LogP contribution is 2.26. The zero-order valence-corrected chi connectivity index (χ0v) is 12.5. The lowest BCUT2D eigenvalue weighted by molar-refractivity contribution is 0.102. The van der Waals surface area contributed by atoms with E-state index in [4.69, 9.17) is 21.1 Å². The summed E-state index contributed by atoms with van der Waals surface area (Å²) in [6.45, 7) is 0. The summed E-state index contributed by atoms with van der Waals surface area (Å²) in [5.74, 6) is 1.09. The molecule has 0 saturated carbocycles. The van der Waals surface area contributed by atoms with Crippen LogP contribution in [0.5, 0.6) is 11.5 Å². The molecule has 5 nitrogen and oxygen atoms in total. The molecule has 0 bridgehead atoms. The van der Waals surface area contributed by atoms with Crippen LogP contribution in [-0.2, 0) is 5.88 Å². The highest BCUT2D eigenvalue weighted by molar-refractivity contribution is 7.14. The van der Waals surface area contributed by atoms with Crippen LogP contribution in [0, 0.1) is 0 Å². The normalized spacial score (nSPS) is 10.2. The van der Waals surface area contributed by atoms with Crippen molar-refractivity contribution in [2.45, 2.75) is 5.88 Å². The number of methoxy groups -OCH3 is 2. The average Bonchev–Trinajstić information content (AvgIpc) is 2.94. The average molecular weight is 313 g/mol. The molecule has 2 aromatic rings. The Kier molecular flexibility index (Phi) is 4.81. The van der Waals surface area contributed by atoms with Crippen LogP contribution in [0.25, 0.3) is 0 Å². The molecule has 1 heterocycles. The number of halogens is 1. The Hall–Kier alpha value is -1.79. The molecule has 2 rings (SSSR count). The van der Waals surface area contributed by atoms with E-state index in [1.54, 1.807) is 30.7 Å². The Labute approximate surface area is 125 Å². The molecule has 0 unspecified atom stereocenters. The van der Waals surface area contributed by atoms with Gasteiger partial charge in [0.1, 0.15) is 11.5 Å². The first-order chi connectivity index (χ1) is 9.67. The first-order valence-corrected chi connectivity index (χ1v) is 7.13. The van der Waals surface area contributed by atoms with Crippen molar-refractivity contribution in [3.8, 4) is 11.5 Å². The van der Waals surface area contributed by atoms with E-state index in [1.807, 2.05) is 0 Å². The van der Waals surface area contributed by atoms with Crippen LogP contribution >= 0.6 is 22.9 Å². The molecule has 0 spiro atoms. The van der Waals surface area contributed by atoms with E-state index in [-0.39, 0.29) is 5.91 Å². The Morgan fingerprint density at radius 1 is 1.40 bits per heavy atom. The van der Waals surface area contributed by atoms with Crippen LogP contribution in [0.1, 0.15) is 16.1 Å². The van der Waals surface area contributed by atoms with Crippen molar-refractivity contribution in [3.63, 3.8) is 0 Å². The summed E-state index contributed by atoms with van der Waals surface area (Å²) in [6.07, 6.45) is 0. The molecule has 7 heteroatoms. The lowest BCUT2D eigenvalue weighted by Gasteiger charge is -2.09. The minimum absolute atomic E-state index is 0.292. The van der Waals surface area contributed by atoms with Crippen LogP contribution in [0.3, 0.4) is 0 Å². The number of amides is 1. The van der Waals surface area contributed by atoms with Crippen molar-refractivity contribution in [2.75, 3.05) is 19.5 Å². The molecular weight excluding hydrogens is 300 g/mol. The standard InChI is InChI=1S/C13H13ClN2O3S/c1-18-9-3-4-10(11(5-9)19-2)12(17)16-13-15-8(6-14)7-20-13/h3-5,7H,6H2,1-2H3,(H,15,16,17). The van der Waals surface area contributed by atoms with E-state index >= 15 is 0 Å². The molecular formula is C13H13ClN2O3S. The molecule has 0 fully saturated rings. The molecule has 1 amide bonds. The number of ether oxygens (including phenoxy) is 2. The minimum Gasteiger partial charge on any atom is -0.497 e. The van der Waals surface area contributed by atoms with E-state index in [0.717, 1.165) is 5.69 Å². The number of thiazole rings is 1. The number of rotatable bonds is 5. The Morgan fingerprint density at radius 3 is 2.80 bits per heavy atom. The van der Waals surface area contributed by atoms with E-state index in [9.17, 15) is 4.79 Å². The van der Waals surface area contributed by atoms with Crippen molar-refractivity contribution >= 4 is 34.0 Å². The monoisotopic (exact) mass is 312 g/mol. The zero-order chi connectivity index (χ0) is 14.5. The first kappa shape index (κ1) is 14.6. The summed E-state index contributed by atoms with van der Waals surface area (Å²) in [6, 6.07) is 4.99. The van der Waals surface area contributed by atoms with Crippen LogP contribution in [0.4, 0.5) is 5.13 Å². The van der Waals surface area contributed by atoms with Gasteiger partial charge in [-0.05, 0) is 12.1 Å². The second kappa shape index (κ2) is 6.58. The van der Waals surface area contributed by atoms with Crippen molar-refractivity contribution in [2.24, 2.45) is 0 Å². The quantitative estimate of drug-likeness (QED) is 0.862.